The second-order valence-electron chi connectivity index (χ2n) is 5.40. The van der Waals surface area contributed by atoms with E-state index in [0.29, 0.717) is 5.92 Å². The normalized spacial score (nSPS) is 12.8. The van der Waals surface area contributed by atoms with Crippen molar-refractivity contribution in [2.24, 2.45) is 4.99 Å². The summed E-state index contributed by atoms with van der Waals surface area (Å²) in [6.45, 7) is 9.53. The molecule has 0 aliphatic heterocycles. The number of nitrogens with one attached hydrogen (secondary N) is 2. The van der Waals surface area contributed by atoms with Gasteiger partial charge in [-0.15, -0.1) is 24.0 Å². The van der Waals surface area contributed by atoms with E-state index >= 15 is 0 Å². The largest absolute Gasteiger partial charge is 0.383 e. The van der Waals surface area contributed by atoms with Gasteiger partial charge in [0.25, 0.3) is 0 Å². The van der Waals surface area contributed by atoms with Crippen molar-refractivity contribution in [2.45, 2.75) is 19.8 Å². The summed E-state index contributed by atoms with van der Waals surface area (Å²) >= 11 is 1.74. The number of thiophene rings is 1. The van der Waals surface area contributed by atoms with Crippen LogP contribution in [-0.2, 0) is 4.74 Å². The zero-order chi connectivity index (χ0) is 16.2. The van der Waals surface area contributed by atoms with Gasteiger partial charge in [0, 0.05) is 45.8 Å². The Labute approximate surface area is 161 Å². The third-order valence-electron chi connectivity index (χ3n) is 3.44. The maximum atomic E-state index is 5.08. The van der Waals surface area contributed by atoms with Gasteiger partial charge in [0.05, 0.1) is 6.61 Å². The molecule has 1 heterocycles. The highest BCUT2D eigenvalue weighted by Gasteiger charge is 2.06. The van der Waals surface area contributed by atoms with Crippen LogP contribution < -0.4 is 10.6 Å². The molecule has 1 aromatic rings. The van der Waals surface area contributed by atoms with E-state index in [0.717, 1.165) is 45.3 Å². The highest BCUT2D eigenvalue weighted by Crippen LogP contribution is 2.18. The van der Waals surface area contributed by atoms with Crippen LogP contribution in [0.2, 0.25) is 0 Å². The first kappa shape index (κ1) is 22.6. The van der Waals surface area contributed by atoms with Gasteiger partial charge in [0.15, 0.2) is 5.96 Å². The number of nitrogens with zero attached hydrogens (tertiary/aromatic N) is 2. The summed E-state index contributed by atoms with van der Waals surface area (Å²) in [6.07, 6.45) is 0. The summed E-state index contributed by atoms with van der Waals surface area (Å²) in [6, 6.07) is 2.18. The second kappa shape index (κ2) is 14.0. The molecule has 0 saturated carbocycles. The molecule has 1 aromatic heterocycles. The maximum absolute atomic E-state index is 5.08. The molecular formula is C16H31IN4OS. The third kappa shape index (κ3) is 10.2. The summed E-state index contributed by atoms with van der Waals surface area (Å²) in [5.41, 5.74) is 1.36. The van der Waals surface area contributed by atoms with Gasteiger partial charge in [-0.25, -0.2) is 0 Å². The highest BCUT2D eigenvalue weighted by molar-refractivity contribution is 14.0. The Hall–Kier alpha value is -0.380. The minimum atomic E-state index is 0. The molecule has 1 unspecified atom stereocenters. The standard InChI is InChI=1S/C16H30N4OS.HI/c1-5-17-16(18-7-8-20(3)9-10-21-4)19-12-14(2)15-6-11-22-13-15;/h6,11,13-14H,5,7-10,12H2,1-4H3,(H2,17,18,19);1H. The van der Waals surface area contributed by atoms with Crippen LogP contribution in [0.25, 0.3) is 0 Å². The lowest BCUT2D eigenvalue weighted by Crippen LogP contribution is -2.41. The lowest BCUT2D eigenvalue weighted by atomic mass is 10.1. The van der Waals surface area contributed by atoms with Gasteiger partial charge in [0.2, 0.25) is 0 Å². The molecule has 0 spiro atoms. The molecule has 7 heteroatoms. The number of guanidine groups is 1. The zero-order valence-electron chi connectivity index (χ0n) is 14.7. The van der Waals surface area contributed by atoms with Crippen molar-refractivity contribution >= 4 is 41.3 Å². The van der Waals surface area contributed by atoms with Crippen LogP contribution in [0.3, 0.4) is 0 Å². The highest BCUT2D eigenvalue weighted by atomic mass is 127. The molecule has 0 aliphatic rings. The minimum absolute atomic E-state index is 0. The fourth-order valence-corrected chi connectivity index (χ4v) is 2.74. The summed E-state index contributed by atoms with van der Waals surface area (Å²) < 4.78 is 5.08. The van der Waals surface area contributed by atoms with Gasteiger partial charge < -0.3 is 20.3 Å². The smallest absolute Gasteiger partial charge is 0.191 e. The van der Waals surface area contributed by atoms with Crippen LogP contribution in [0.4, 0.5) is 0 Å². The number of ether oxygens (including phenoxy) is 1. The summed E-state index contributed by atoms with van der Waals surface area (Å²) in [5.74, 6) is 1.34. The van der Waals surface area contributed by atoms with Gasteiger partial charge in [0.1, 0.15) is 0 Å². The van der Waals surface area contributed by atoms with E-state index < -0.39 is 0 Å². The van der Waals surface area contributed by atoms with Gasteiger partial charge in [-0.2, -0.15) is 11.3 Å². The fourth-order valence-electron chi connectivity index (χ4n) is 1.95. The summed E-state index contributed by atoms with van der Waals surface area (Å²) in [7, 11) is 3.83. The molecule has 0 bridgehead atoms. The van der Waals surface area contributed by atoms with Gasteiger partial charge in [-0.05, 0) is 36.4 Å². The zero-order valence-corrected chi connectivity index (χ0v) is 17.8. The minimum Gasteiger partial charge on any atom is -0.383 e. The second-order valence-corrected chi connectivity index (χ2v) is 6.18. The third-order valence-corrected chi connectivity index (χ3v) is 4.14. The van der Waals surface area contributed by atoms with E-state index in [4.69, 9.17) is 4.74 Å². The quantitative estimate of drug-likeness (QED) is 0.324. The van der Waals surface area contributed by atoms with Gasteiger partial charge >= 0.3 is 0 Å². The monoisotopic (exact) mass is 454 g/mol. The number of halogens is 1. The van der Waals surface area contributed by atoms with E-state index in [1.807, 2.05) is 0 Å². The Morgan fingerprint density at radius 1 is 1.39 bits per heavy atom. The molecule has 1 rings (SSSR count). The number of likely N-dealkylation sites (N-methyl/N-ethyl adjacent to an activating group) is 1. The topological polar surface area (TPSA) is 48.9 Å². The molecule has 0 aromatic carbocycles. The predicted molar refractivity (Wildman–Crippen MR) is 112 cm³/mol. The molecule has 134 valence electrons. The van der Waals surface area contributed by atoms with Crippen LogP contribution in [0.15, 0.2) is 21.8 Å². The first-order valence-corrected chi connectivity index (χ1v) is 8.83. The Kier molecular flexibility index (Phi) is 13.8. The average molecular weight is 454 g/mol. The fraction of sp³-hybridized carbons (Fsp3) is 0.688. The lowest BCUT2D eigenvalue weighted by Gasteiger charge is -2.18. The van der Waals surface area contributed by atoms with E-state index in [2.05, 4.69) is 58.2 Å². The Morgan fingerprint density at radius 2 is 2.17 bits per heavy atom. The lowest BCUT2D eigenvalue weighted by molar-refractivity contribution is 0.162. The first-order valence-electron chi connectivity index (χ1n) is 7.89. The van der Waals surface area contributed by atoms with Crippen LogP contribution in [-0.4, -0.2) is 64.3 Å². The number of methoxy groups -OCH3 is 1. The van der Waals surface area contributed by atoms with Crippen molar-refractivity contribution < 1.29 is 4.74 Å². The molecule has 5 nitrogen and oxygen atoms in total. The first-order chi connectivity index (χ1) is 10.7. The number of rotatable bonds is 10. The van der Waals surface area contributed by atoms with Crippen LogP contribution in [0.5, 0.6) is 0 Å². The summed E-state index contributed by atoms with van der Waals surface area (Å²) in [5, 5.41) is 11.0. The molecule has 0 fully saturated rings. The van der Waals surface area contributed by atoms with Crippen molar-refractivity contribution in [3.8, 4) is 0 Å². The molecule has 1 atom stereocenters. The summed E-state index contributed by atoms with van der Waals surface area (Å²) in [4.78, 5) is 6.93. The maximum Gasteiger partial charge on any atom is 0.191 e. The van der Waals surface area contributed by atoms with E-state index in [-0.39, 0.29) is 24.0 Å². The average Bonchev–Trinajstić information content (AvgIpc) is 3.04. The molecule has 23 heavy (non-hydrogen) atoms. The molecule has 0 radical (unpaired) electrons. The Balaban J connectivity index is 0.00000484. The van der Waals surface area contributed by atoms with Crippen molar-refractivity contribution in [1.82, 2.24) is 15.5 Å². The predicted octanol–water partition coefficient (Wildman–Crippen LogP) is 2.60. The Bertz CT molecular complexity index is 414. The molecular weight excluding hydrogens is 423 g/mol. The van der Waals surface area contributed by atoms with E-state index in [9.17, 15) is 0 Å². The molecule has 2 N–H and O–H groups in total. The SMILES string of the molecule is CCNC(=NCC(C)c1ccsc1)NCCN(C)CCOC.I. The number of aliphatic imine (C=N–C) groups is 1. The number of hydrogen-bond acceptors (Lipinski definition) is 4. The molecule has 0 saturated heterocycles. The van der Waals surface area contributed by atoms with Gasteiger partial charge in [-0.3, -0.25) is 4.99 Å². The van der Waals surface area contributed by atoms with E-state index in [1.165, 1.54) is 5.56 Å². The Morgan fingerprint density at radius 3 is 2.78 bits per heavy atom. The van der Waals surface area contributed by atoms with Gasteiger partial charge in [-0.1, -0.05) is 6.92 Å². The van der Waals surface area contributed by atoms with Crippen LogP contribution >= 0.6 is 35.3 Å². The molecule has 0 amide bonds. The molecule has 0 aliphatic carbocycles. The van der Waals surface area contributed by atoms with Crippen molar-refractivity contribution in [3.05, 3.63) is 22.4 Å². The van der Waals surface area contributed by atoms with Crippen molar-refractivity contribution in [1.29, 1.82) is 0 Å². The van der Waals surface area contributed by atoms with Crippen LogP contribution in [0.1, 0.15) is 25.3 Å². The van der Waals surface area contributed by atoms with Crippen molar-refractivity contribution in [2.75, 3.05) is 53.5 Å². The number of hydrogen-bond donors (Lipinski definition) is 2. The van der Waals surface area contributed by atoms with E-state index in [1.54, 1.807) is 18.4 Å². The van der Waals surface area contributed by atoms with Crippen LogP contribution in [0, 0.1) is 0 Å². The van der Waals surface area contributed by atoms with Crippen molar-refractivity contribution in [3.63, 3.8) is 0 Å².